The Morgan fingerprint density at radius 3 is 2.57 bits per heavy atom. The number of hydrogen-bond acceptors (Lipinski definition) is 10. The Bertz CT molecular complexity index is 2080. The Morgan fingerprint density at radius 1 is 0.961 bits per heavy atom. The highest BCUT2D eigenvalue weighted by molar-refractivity contribution is 6.01. The normalized spacial score (nSPS) is 16.3. The Hall–Kier alpha value is -5.99. The highest BCUT2D eigenvalue weighted by atomic mass is 16.5. The fourth-order valence-electron chi connectivity index (χ4n) is 6.79. The number of fused-ring (bicyclic) bond motifs is 1. The molecule has 2 aliphatic rings. The molecular weight excluding hydrogens is 652 g/mol. The van der Waals surface area contributed by atoms with E-state index in [0.717, 1.165) is 48.2 Å². The lowest BCUT2D eigenvalue weighted by Gasteiger charge is -2.21. The molecule has 0 radical (unpaired) electrons. The standard InChI is InChI=1S/C36H38N10O5/c1-21-18-25(41-36(50)42-27-20-37-28-16-17-39-46(28)33(27)23-6-2-3-7-23)19-38-32(21)34-44-31(51-45-34)9-5-4-8-29(47)40-24-12-10-22(11-13-24)26-14-15-30(48)43-35(26)49/h10-13,16-20,23,26H,2-9,14-15H2,1H3,(H,40,47)(H2,41,42,50)(H,43,48,49). The number of aryl methyl sites for hydroxylation is 2. The molecule has 5 aromatic rings. The van der Waals surface area contributed by atoms with E-state index >= 15 is 0 Å². The third kappa shape index (κ3) is 7.77. The first-order valence-electron chi connectivity index (χ1n) is 17.2. The molecule has 0 bridgehead atoms. The van der Waals surface area contributed by atoms with Gasteiger partial charge in [0.15, 0.2) is 5.65 Å². The zero-order valence-electron chi connectivity index (χ0n) is 28.1. The van der Waals surface area contributed by atoms with Crippen LogP contribution in [0.1, 0.15) is 92.3 Å². The van der Waals surface area contributed by atoms with E-state index in [1.807, 2.05) is 17.5 Å². The first-order valence-corrected chi connectivity index (χ1v) is 17.2. The quantitative estimate of drug-likeness (QED) is 0.0991. The number of unbranched alkanes of at least 4 members (excludes halogenated alkanes) is 1. The number of urea groups is 1. The van der Waals surface area contributed by atoms with Gasteiger partial charge in [-0.25, -0.2) is 14.3 Å². The first-order chi connectivity index (χ1) is 24.8. The van der Waals surface area contributed by atoms with Gasteiger partial charge in [-0.15, -0.1) is 0 Å². The lowest BCUT2D eigenvalue weighted by molar-refractivity contribution is -0.134. The summed E-state index contributed by atoms with van der Waals surface area (Å²) in [6.07, 6.45) is 12.2. The van der Waals surface area contributed by atoms with Crippen molar-refractivity contribution in [2.75, 3.05) is 16.0 Å². The number of carbonyl (C=O) groups is 4. The molecule has 2 fully saturated rings. The third-order valence-electron chi connectivity index (χ3n) is 9.34. The van der Waals surface area contributed by atoms with Crippen molar-refractivity contribution >= 4 is 46.5 Å². The summed E-state index contributed by atoms with van der Waals surface area (Å²) in [5.74, 6) is 0.0631. The van der Waals surface area contributed by atoms with Crippen molar-refractivity contribution in [2.45, 2.75) is 83.0 Å². The fourth-order valence-corrected chi connectivity index (χ4v) is 6.79. The van der Waals surface area contributed by atoms with Crippen molar-refractivity contribution < 1.29 is 23.7 Å². The third-order valence-corrected chi connectivity index (χ3v) is 9.34. The van der Waals surface area contributed by atoms with Gasteiger partial charge in [0.05, 0.1) is 41.6 Å². The number of rotatable bonds is 11. The van der Waals surface area contributed by atoms with Gasteiger partial charge in [0.2, 0.25) is 29.4 Å². The SMILES string of the molecule is Cc1cc(NC(=O)Nc2cnc3ccnn3c2C2CCCC2)cnc1-c1noc(CCCCC(=O)Nc2ccc(C3CCC(=O)NC3=O)cc2)n1. The van der Waals surface area contributed by atoms with Gasteiger partial charge in [-0.1, -0.05) is 30.1 Å². The Labute approximate surface area is 293 Å². The highest BCUT2D eigenvalue weighted by Gasteiger charge is 2.28. The fraction of sp³-hybridized carbons (Fsp3) is 0.361. The first kappa shape index (κ1) is 33.5. The zero-order valence-corrected chi connectivity index (χ0v) is 28.1. The van der Waals surface area contributed by atoms with E-state index in [1.54, 1.807) is 48.9 Å². The second kappa shape index (κ2) is 14.9. The van der Waals surface area contributed by atoms with Crippen molar-refractivity contribution in [2.24, 2.45) is 0 Å². The topological polar surface area (TPSA) is 198 Å². The molecule has 1 saturated heterocycles. The number of imide groups is 1. The van der Waals surface area contributed by atoms with E-state index in [1.165, 1.54) is 0 Å². The number of hydrogen-bond donors (Lipinski definition) is 4. The van der Waals surface area contributed by atoms with Gasteiger partial charge in [-0.2, -0.15) is 10.1 Å². The molecule has 4 aromatic heterocycles. The number of piperidine rings is 1. The van der Waals surface area contributed by atoms with Crippen LogP contribution in [-0.4, -0.2) is 53.5 Å². The summed E-state index contributed by atoms with van der Waals surface area (Å²) in [6, 6.07) is 10.4. The Balaban J connectivity index is 0.877. The number of nitrogens with zero attached hydrogens (tertiary/aromatic N) is 6. The lowest BCUT2D eigenvalue weighted by Crippen LogP contribution is -2.39. The van der Waals surface area contributed by atoms with Crippen LogP contribution < -0.4 is 21.3 Å². The van der Waals surface area contributed by atoms with Crippen molar-refractivity contribution in [3.05, 3.63) is 77.7 Å². The molecule has 4 N–H and O–H groups in total. The van der Waals surface area contributed by atoms with Gasteiger partial charge < -0.3 is 20.5 Å². The number of pyridine rings is 1. The molecule has 15 heteroatoms. The van der Waals surface area contributed by atoms with Crippen molar-refractivity contribution in [3.8, 4) is 11.5 Å². The van der Waals surface area contributed by atoms with E-state index in [-0.39, 0.29) is 23.6 Å². The minimum atomic E-state index is -0.408. The predicted octanol–water partition coefficient (Wildman–Crippen LogP) is 5.66. The van der Waals surface area contributed by atoms with E-state index in [2.05, 4.69) is 46.5 Å². The van der Waals surface area contributed by atoms with Crippen LogP contribution in [0.15, 0.2) is 59.5 Å². The number of carbonyl (C=O) groups excluding carboxylic acids is 4. The number of nitrogens with one attached hydrogen (secondary N) is 4. The summed E-state index contributed by atoms with van der Waals surface area (Å²) < 4.78 is 7.27. The average molecular weight is 691 g/mol. The largest absolute Gasteiger partial charge is 0.339 e. The summed E-state index contributed by atoms with van der Waals surface area (Å²) in [6.45, 7) is 1.86. The monoisotopic (exact) mass is 690 g/mol. The Morgan fingerprint density at radius 2 is 1.78 bits per heavy atom. The number of aromatic nitrogens is 6. The summed E-state index contributed by atoms with van der Waals surface area (Å²) >= 11 is 0. The molecule has 15 nitrogen and oxygen atoms in total. The lowest BCUT2D eigenvalue weighted by atomic mass is 9.90. The van der Waals surface area contributed by atoms with E-state index in [9.17, 15) is 19.2 Å². The van der Waals surface area contributed by atoms with E-state index in [0.29, 0.717) is 78.9 Å². The Kier molecular flexibility index (Phi) is 9.76. The second-order valence-electron chi connectivity index (χ2n) is 13.0. The summed E-state index contributed by atoms with van der Waals surface area (Å²) in [7, 11) is 0. The highest BCUT2D eigenvalue weighted by Crippen LogP contribution is 2.37. The molecule has 0 spiro atoms. The van der Waals surface area contributed by atoms with Gasteiger partial charge in [0.1, 0.15) is 5.69 Å². The number of amides is 5. The summed E-state index contributed by atoms with van der Waals surface area (Å²) in [5, 5.41) is 19.6. The van der Waals surface area contributed by atoms with E-state index in [4.69, 9.17) is 4.52 Å². The van der Waals surface area contributed by atoms with E-state index < -0.39 is 6.03 Å². The van der Waals surface area contributed by atoms with Crippen LogP contribution in [0.4, 0.5) is 21.9 Å². The van der Waals surface area contributed by atoms with Crippen LogP contribution in [0.3, 0.4) is 0 Å². The molecule has 1 aromatic carbocycles. The molecular formula is C36H38N10O5. The van der Waals surface area contributed by atoms with Gasteiger partial charge in [0, 0.05) is 36.9 Å². The molecule has 1 unspecified atom stereocenters. The molecule has 1 aliphatic heterocycles. The minimum absolute atomic E-state index is 0.123. The van der Waals surface area contributed by atoms with Gasteiger partial charge in [-0.05, 0) is 68.4 Å². The van der Waals surface area contributed by atoms with Crippen LogP contribution in [0.5, 0.6) is 0 Å². The molecule has 5 amide bonds. The van der Waals surface area contributed by atoms with Crippen LogP contribution in [0.25, 0.3) is 17.2 Å². The smallest absolute Gasteiger partial charge is 0.323 e. The van der Waals surface area contributed by atoms with Crippen molar-refractivity contribution in [1.29, 1.82) is 0 Å². The molecule has 7 rings (SSSR count). The maximum Gasteiger partial charge on any atom is 0.323 e. The maximum absolute atomic E-state index is 13.0. The molecule has 262 valence electrons. The molecule has 1 atom stereocenters. The summed E-state index contributed by atoms with van der Waals surface area (Å²) in [4.78, 5) is 62.5. The predicted molar refractivity (Wildman–Crippen MR) is 187 cm³/mol. The number of benzene rings is 1. The summed E-state index contributed by atoms with van der Waals surface area (Å²) in [5.41, 5.74) is 5.61. The maximum atomic E-state index is 13.0. The van der Waals surface area contributed by atoms with Crippen LogP contribution in [-0.2, 0) is 20.8 Å². The van der Waals surface area contributed by atoms with Gasteiger partial charge in [-0.3, -0.25) is 24.7 Å². The van der Waals surface area contributed by atoms with Crippen LogP contribution >= 0.6 is 0 Å². The zero-order chi connectivity index (χ0) is 35.3. The second-order valence-corrected chi connectivity index (χ2v) is 13.0. The van der Waals surface area contributed by atoms with Crippen molar-refractivity contribution in [3.63, 3.8) is 0 Å². The van der Waals surface area contributed by atoms with Crippen LogP contribution in [0.2, 0.25) is 0 Å². The molecule has 51 heavy (non-hydrogen) atoms. The number of anilines is 3. The van der Waals surface area contributed by atoms with Gasteiger partial charge >= 0.3 is 6.03 Å². The molecule has 1 saturated carbocycles. The van der Waals surface area contributed by atoms with Crippen molar-refractivity contribution in [1.82, 2.24) is 35.0 Å². The average Bonchev–Trinajstić information content (AvgIpc) is 3.91. The minimum Gasteiger partial charge on any atom is -0.339 e. The van der Waals surface area contributed by atoms with Gasteiger partial charge in [0.25, 0.3) is 0 Å². The van der Waals surface area contributed by atoms with Crippen LogP contribution in [0, 0.1) is 6.92 Å². The molecule has 5 heterocycles. The molecule has 1 aliphatic carbocycles.